The maximum atomic E-state index is 5.67. The van der Waals surface area contributed by atoms with Crippen molar-refractivity contribution in [3.8, 4) is 0 Å². The van der Waals surface area contributed by atoms with Crippen LogP contribution in [0.4, 0.5) is 0 Å². The lowest BCUT2D eigenvalue weighted by Crippen LogP contribution is -1.83. The summed E-state index contributed by atoms with van der Waals surface area (Å²) < 4.78 is 0. The minimum absolute atomic E-state index is 1.12. The smallest absolute Gasteiger partial charge is 0.145 e. The molecule has 0 bridgehead atoms. The van der Waals surface area contributed by atoms with E-state index in [9.17, 15) is 0 Å². The molecule has 0 aliphatic rings. The quantitative estimate of drug-likeness (QED) is 0.255. The monoisotopic (exact) mass is 236 g/mol. The molecule has 0 aromatic heterocycles. The lowest BCUT2D eigenvalue weighted by atomic mass is 10.1. The number of rotatable bonds is 8. The molecular formula is C10H18Cl2Si. The molecule has 0 fully saturated rings. The Balaban J connectivity index is 3.03. The van der Waals surface area contributed by atoms with E-state index in [4.69, 9.17) is 22.2 Å². The highest BCUT2D eigenvalue weighted by atomic mass is 35.7. The van der Waals surface area contributed by atoms with Gasteiger partial charge in [-0.1, -0.05) is 30.7 Å². The number of unbranched alkanes of at least 4 members (excludes halogenated alkanes) is 5. The average Bonchev–Trinajstić information content (AvgIpc) is 2.09. The number of hydrogen-bond donors (Lipinski definition) is 0. The predicted octanol–water partition coefficient (Wildman–Crippen LogP) is 4.31. The van der Waals surface area contributed by atoms with Crippen molar-refractivity contribution in [1.82, 2.24) is 0 Å². The van der Waals surface area contributed by atoms with Gasteiger partial charge in [0.05, 0.1) is 0 Å². The van der Waals surface area contributed by atoms with Gasteiger partial charge in [-0.15, -0.1) is 28.7 Å². The highest BCUT2D eigenvalue weighted by Crippen LogP contribution is 2.07. The van der Waals surface area contributed by atoms with Crippen molar-refractivity contribution in [3.05, 3.63) is 24.4 Å². The van der Waals surface area contributed by atoms with Gasteiger partial charge in [-0.05, 0) is 25.7 Å². The summed E-state index contributed by atoms with van der Waals surface area (Å²) in [6.07, 6.45) is 11.5. The molecule has 0 atom stereocenters. The van der Waals surface area contributed by atoms with Crippen molar-refractivity contribution in [2.75, 3.05) is 0 Å². The summed E-state index contributed by atoms with van der Waals surface area (Å²) in [5.41, 5.74) is 1.97. The van der Waals surface area contributed by atoms with Crippen LogP contribution in [-0.4, -0.2) is 7.42 Å². The van der Waals surface area contributed by atoms with Crippen molar-refractivity contribution in [2.24, 2.45) is 0 Å². The maximum Gasteiger partial charge on any atom is 0.259 e. The minimum atomic E-state index is -1.49. The van der Waals surface area contributed by atoms with Crippen LogP contribution < -0.4 is 0 Å². The molecule has 0 saturated carbocycles. The third kappa shape index (κ3) is 12.3. The van der Waals surface area contributed by atoms with Gasteiger partial charge in [0.1, 0.15) is 0 Å². The van der Waals surface area contributed by atoms with Gasteiger partial charge >= 0.3 is 0 Å². The second-order valence-electron chi connectivity index (χ2n) is 3.04. The van der Waals surface area contributed by atoms with Crippen LogP contribution in [0.3, 0.4) is 0 Å². The van der Waals surface area contributed by atoms with E-state index in [-0.39, 0.29) is 0 Å². The molecule has 0 saturated heterocycles. The fraction of sp³-hybridized carbons (Fsp3) is 0.600. The molecule has 0 unspecified atom stereocenters. The van der Waals surface area contributed by atoms with Crippen LogP contribution in [0, 0.1) is 0 Å². The molecule has 13 heavy (non-hydrogen) atoms. The molecule has 0 aromatic carbocycles. The molecule has 76 valence electrons. The number of halogens is 2. The van der Waals surface area contributed by atoms with E-state index in [0.29, 0.717) is 0 Å². The predicted molar refractivity (Wildman–Crippen MR) is 65.9 cm³/mol. The van der Waals surface area contributed by atoms with Gasteiger partial charge in [-0.2, -0.15) is 0 Å². The molecule has 0 N–H and O–H groups in total. The van der Waals surface area contributed by atoms with Crippen molar-refractivity contribution in [3.63, 3.8) is 0 Å². The summed E-state index contributed by atoms with van der Waals surface area (Å²) in [7, 11) is -1.49. The zero-order chi connectivity index (χ0) is 9.94. The zero-order valence-corrected chi connectivity index (χ0v) is 10.7. The van der Waals surface area contributed by atoms with E-state index in [0.717, 1.165) is 12.8 Å². The Morgan fingerprint density at radius 1 is 1.00 bits per heavy atom. The van der Waals surface area contributed by atoms with Gasteiger partial charge in [0.15, 0.2) is 0 Å². The lowest BCUT2D eigenvalue weighted by molar-refractivity contribution is 0.653. The summed E-state index contributed by atoms with van der Waals surface area (Å²) in [6.45, 7) is 3.69. The van der Waals surface area contributed by atoms with E-state index in [1.54, 1.807) is 0 Å². The second kappa shape index (κ2) is 10.4. The lowest BCUT2D eigenvalue weighted by Gasteiger charge is -1.96. The van der Waals surface area contributed by atoms with Crippen LogP contribution in [0.25, 0.3) is 0 Å². The Morgan fingerprint density at radius 3 is 2.15 bits per heavy atom. The fourth-order valence-electron chi connectivity index (χ4n) is 1.10. The van der Waals surface area contributed by atoms with E-state index in [2.05, 4.69) is 12.7 Å². The third-order valence-corrected chi connectivity index (χ3v) is 3.25. The van der Waals surface area contributed by atoms with E-state index >= 15 is 0 Å². The third-order valence-electron chi connectivity index (χ3n) is 1.81. The molecule has 0 aliphatic carbocycles. The van der Waals surface area contributed by atoms with Crippen LogP contribution in [0.1, 0.15) is 38.5 Å². The fourth-order valence-corrected chi connectivity index (χ4v) is 2.12. The molecule has 0 heterocycles. The molecule has 3 heteroatoms. The Kier molecular flexibility index (Phi) is 10.6. The van der Waals surface area contributed by atoms with Crippen molar-refractivity contribution < 1.29 is 0 Å². The van der Waals surface area contributed by atoms with Crippen LogP contribution >= 0.6 is 22.2 Å². The summed E-state index contributed by atoms with van der Waals surface area (Å²) in [5, 5.41) is 0. The standard InChI is InChI=1S/C10H18Cl2Si/c1-2-3-4-5-6-7-8-9-10-13(11)12/h2,9-10,13H,1,3-8H2. The largest absolute Gasteiger partial charge is 0.259 e. The van der Waals surface area contributed by atoms with Gasteiger partial charge in [0, 0.05) is 0 Å². The molecule has 0 rings (SSSR count). The molecule has 0 aliphatic heterocycles. The number of hydrogen-bond acceptors (Lipinski definition) is 0. The Labute approximate surface area is 92.6 Å². The summed E-state index contributed by atoms with van der Waals surface area (Å²) in [5.74, 6) is 0. The van der Waals surface area contributed by atoms with Crippen LogP contribution in [0.5, 0.6) is 0 Å². The summed E-state index contributed by atoms with van der Waals surface area (Å²) >= 11 is 11.3. The van der Waals surface area contributed by atoms with E-state index < -0.39 is 7.42 Å². The zero-order valence-electron chi connectivity index (χ0n) is 8.02. The van der Waals surface area contributed by atoms with Crippen molar-refractivity contribution >= 4 is 29.6 Å². The van der Waals surface area contributed by atoms with Gasteiger partial charge in [-0.25, -0.2) is 0 Å². The second-order valence-corrected chi connectivity index (χ2v) is 7.59. The topological polar surface area (TPSA) is 0 Å². The van der Waals surface area contributed by atoms with E-state index in [1.165, 1.54) is 25.7 Å². The number of allylic oxidation sites excluding steroid dienone is 2. The Morgan fingerprint density at radius 2 is 1.62 bits per heavy atom. The normalized spacial score (nSPS) is 11.3. The summed E-state index contributed by atoms with van der Waals surface area (Å²) in [6, 6.07) is 0. The first-order chi connectivity index (χ1) is 6.27. The molecule has 0 radical (unpaired) electrons. The minimum Gasteiger partial charge on any atom is -0.145 e. The van der Waals surface area contributed by atoms with Crippen LogP contribution in [-0.2, 0) is 0 Å². The Hall–Kier alpha value is 0.277. The first-order valence-electron chi connectivity index (χ1n) is 4.83. The Bertz CT molecular complexity index is 144. The molecule has 0 spiro atoms. The van der Waals surface area contributed by atoms with Gasteiger partial charge < -0.3 is 0 Å². The van der Waals surface area contributed by atoms with Gasteiger partial charge in [0.2, 0.25) is 0 Å². The van der Waals surface area contributed by atoms with Gasteiger partial charge in [-0.3, -0.25) is 0 Å². The SMILES string of the molecule is C=CCCCCCCC=C[SiH](Cl)Cl. The first kappa shape index (κ1) is 13.3. The highest BCUT2D eigenvalue weighted by molar-refractivity contribution is 7.36. The molecule has 0 nitrogen and oxygen atoms in total. The van der Waals surface area contributed by atoms with Gasteiger partial charge in [0.25, 0.3) is 7.42 Å². The molecule has 0 amide bonds. The van der Waals surface area contributed by atoms with Crippen LogP contribution in [0.2, 0.25) is 0 Å². The summed E-state index contributed by atoms with van der Waals surface area (Å²) in [4.78, 5) is 0. The first-order valence-corrected chi connectivity index (χ1v) is 8.99. The van der Waals surface area contributed by atoms with Crippen molar-refractivity contribution in [2.45, 2.75) is 38.5 Å². The molecular weight excluding hydrogens is 219 g/mol. The van der Waals surface area contributed by atoms with Crippen molar-refractivity contribution in [1.29, 1.82) is 0 Å². The average molecular weight is 237 g/mol. The maximum absolute atomic E-state index is 5.67. The van der Waals surface area contributed by atoms with E-state index in [1.807, 2.05) is 11.8 Å². The van der Waals surface area contributed by atoms with Crippen LogP contribution in [0.15, 0.2) is 24.4 Å². The highest BCUT2D eigenvalue weighted by Gasteiger charge is 1.92. The molecule has 0 aromatic rings.